The molecule has 0 spiro atoms. The maximum absolute atomic E-state index is 11.9. The summed E-state index contributed by atoms with van der Waals surface area (Å²) >= 11 is 3.27. The number of halogens is 1. The van der Waals surface area contributed by atoms with Gasteiger partial charge in [0, 0.05) is 11.0 Å². The van der Waals surface area contributed by atoms with E-state index >= 15 is 0 Å². The summed E-state index contributed by atoms with van der Waals surface area (Å²) in [6, 6.07) is 4.98. The van der Waals surface area contributed by atoms with Crippen LogP contribution >= 0.6 is 15.9 Å². The maximum Gasteiger partial charge on any atom is 0.339 e. The van der Waals surface area contributed by atoms with E-state index in [2.05, 4.69) is 28.2 Å². The molecule has 0 radical (unpaired) electrons. The van der Waals surface area contributed by atoms with E-state index in [1.54, 1.807) is 18.2 Å². The van der Waals surface area contributed by atoms with Crippen molar-refractivity contribution in [1.29, 1.82) is 0 Å². The molecular formula is C15H20BrNO4. The highest BCUT2D eigenvalue weighted by Crippen LogP contribution is 2.23. The molecule has 0 fully saturated rings. The Labute approximate surface area is 133 Å². The minimum absolute atomic E-state index is 0.283. The van der Waals surface area contributed by atoms with E-state index in [9.17, 15) is 9.59 Å². The zero-order valence-electron chi connectivity index (χ0n) is 12.3. The van der Waals surface area contributed by atoms with E-state index in [0.717, 1.165) is 19.3 Å². The SMILES string of the molecule is CCCCCNC(=O)COC(=O)c1cc(OC)ccc1Br. The van der Waals surface area contributed by atoms with Crippen LogP contribution in [0.15, 0.2) is 22.7 Å². The summed E-state index contributed by atoms with van der Waals surface area (Å²) in [6.45, 7) is 2.41. The predicted molar refractivity (Wildman–Crippen MR) is 83.5 cm³/mol. The number of amides is 1. The molecule has 0 saturated heterocycles. The van der Waals surface area contributed by atoms with Gasteiger partial charge in [-0.1, -0.05) is 19.8 Å². The molecule has 21 heavy (non-hydrogen) atoms. The zero-order valence-corrected chi connectivity index (χ0v) is 13.9. The van der Waals surface area contributed by atoms with E-state index in [-0.39, 0.29) is 12.5 Å². The van der Waals surface area contributed by atoms with E-state index in [4.69, 9.17) is 9.47 Å². The highest BCUT2D eigenvalue weighted by atomic mass is 79.9. The Hall–Kier alpha value is -1.56. The molecule has 1 N–H and O–H groups in total. The highest BCUT2D eigenvalue weighted by Gasteiger charge is 2.14. The number of rotatable bonds is 8. The zero-order chi connectivity index (χ0) is 15.7. The molecule has 0 heterocycles. The number of hydrogen-bond donors (Lipinski definition) is 1. The standard InChI is InChI=1S/C15H20BrNO4/c1-3-4-5-8-17-14(18)10-21-15(19)12-9-11(20-2)6-7-13(12)16/h6-7,9H,3-5,8,10H2,1-2H3,(H,17,18). The van der Waals surface area contributed by atoms with Gasteiger partial charge in [0.25, 0.3) is 5.91 Å². The second-order valence-electron chi connectivity index (χ2n) is 4.48. The van der Waals surface area contributed by atoms with Gasteiger partial charge in [-0.2, -0.15) is 0 Å². The fourth-order valence-electron chi connectivity index (χ4n) is 1.65. The predicted octanol–water partition coefficient (Wildman–Crippen LogP) is 2.92. The summed E-state index contributed by atoms with van der Waals surface area (Å²) in [5, 5.41) is 2.71. The molecule has 0 aliphatic carbocycles. The second kappa shape index (κ2) is 9.39. The van der Waals surface area contributed by atoms with Crippen molar-refractivity contribution in [3.63, 3.8) is 0 Å². The minimum Gasteiger partial charge on any atom is -0.497 e. The first kappa shape index (κ1) is 17.5. The molecule has 5 nitrogen and oxygen atoms in total. The Kier molecular flexibility index (Phi) is 7.82. The summed E-state index contributed by atoms with van der Waals surface area (Å²) in [5.74, 6) is -0.308. The number of unbranched alkanes of at least 4 members (excludes halogenated alkanes) is 2. The number of hydrogen-bond acceptors (Lipinski definition) is 4. The molecule has 1 aromatic rings. The monoisotopic (exact) mass is 357 g/mol. The molecule has 0 unspecified atom stereocenters. The normalized spacial score (nSPS) is 10.0. The largest absolute Gasteiger partial charge is 0.497 e. The van der Waals surface area contributed by atoms with Gasteiger partial charge < -0.3 is 14.8 Å². The van der Waals surface area contributed by atoms with Gasteiger partial charge in [-0.3, -0.25) is 4.79 Å². The van der Waals surface area contributed by atoms with Gasteiger partial charge in [0.15, 0.2) is 6.61 Å². The van der Waals surface area contributed by atoms with Crippen molar-refractivity contribution in [3.8, 4) is 5.75 Å². The van der Waals surface area contributed by atoms with Crippen molar-refractivity contribution in [2.45, 2.75) is 26.2 Å². The van der Waals surface area contributed by atoms with Crippen LogP contribution in [0.2, 0.25) is 0 Å². The highest BCUT2D eigenvalue weighted by molar-refractivity contribution is 9.10. The van der Waals surface area contributed by atoms with Crippen LogP contribution in [-0.2, 0) is 9.53 Å². The third-order valence-electron chi connectivity index (χ3n) is 2.83. The van der Waals surface area contributed by atoms with Crippen molar-refractivity contribution in [3.05, 3.63) is 28.2 Å². The van der Waals surface area contributed by atoms with Crippen LogP contribution < -0.4 is 10.1 Å². The lowest BCUT2D eigenvalue weighted by Crippen LogP contribution is -2.29. The van der Waals surface area contributed by atoms with Gasteiger partial charge >= 0.3 is 5.97 Å². The third-order valence-corrected chi connectivity index (χ3v) is 3.52. The number of nitrogens with one attached hydrogen (secondary N) is 1. The van der Waals surface area contributed by atoms with Crippen LogP contribution in [-0.4, -0.2) is 32.1 Å². The molecule has 0 aliphatic rings. The molecule has 0 atom stereocenters. The van der Waals surface area contributed by atoms with E-state index in [1.807, 2.05) is 0 Å². The van der Waals surface area contributed by atoms with E-state index < -0.39 is 5.97 Å². The van der Waals surface area contributed by atoms with Crippen LogP contribution in [0.3, 0.4) is 0 Å². The van der Waals surface area contributed by atoms with Crippen LogP contribution in [0.4, 0.5) is 0 Å². The summed E-state index contributed by atoms with van der Waals surface area (Å²) in [6.07, 6.45) is 3.09. The number of ether oxygens (including phenoxy) is 2. The number of methoxy groups -OCH3 is 1. The summed E-state index contributed by atoms with van der Waals surface area (Å²) in [5.41, 5.74) is 0.327. The molecule has 116 valence electrons. The molecule has 0 bridgehead atoms. The molecule has 1 aromatic carbocycles. The average molecular weight is 358 g/mol. The lowest BCUT2D eigenvalue weighted by atomic mass is 10.2. The first-order chi connectivity index (χ1) is 10.1. The minimum atomic E-state index is -0.565. The Morgan fingerprint density at radius 2 is 2.05 bits per heavy atom. The average Bonchev–Trinajstić information content (AvgIpc) is 2.49. The first-order valence-electron chi connectivity index (χ1n) is 6.85. The topological polar surface area (TPSA) is 64.6 Å². The summed E-state index contributed by atoms with van der Waals surface area (Å²) in [7, 11) is 1.52. The van der Waals surface area contributed by atoms with Gasteiger partial charge in [-0.05, 0) is 40.5 Å². The fourth-order valence-corrected chi connectivity index (χ4v) is 2.06. The van der Waals surface area contributed by atoms with Crippen molar-refractivity contribution in [2.24, 2.45) is 0 Å². The first-order valence-corrected chi connectivity index (χ1v) is 7.65. The molecule has 0 aromatic heterocycles. The van der Waals surface area contributed by atoms with Gasteiger partial charge in [0.05, 0.1) is 12.7 Å². The Bertz CT molecular complexity index is 491. The lowest BCUT2D eigenvalue weighted by Gasteiger charge is -2.08. The molecule has 1 rings (SSSR count). The van der Waals surface area contributed by atoms with Crippen LogP contribution in [0.5, 0.6) is 5.75 Å². The van der Waals surface area contributed by atoms with Gasteiger partial charge in [-0.25, -0.2) is 4.79 Å². The number of esters is 1. The number of carbonyl (C=O) groups is 2. The smallest absolute Gasteiger partial charge is 0.339 e. The molecule has 1 amide bonds. The molecule has 0 aliphatic heterocycles. The lowest BCUT2D eigenvalue weighted by molar-refractivity contribution is -0.124. The Morgan fingerprint density at radius 3 is 2.71 bits per heavy atom. The Balaban J connectivity index is 2.45. The number of benzene rings is 1. The van der Waals surface area contributed by atoms with E-state index in [1.165, 1.54) is 7.11 Å². The van der Waals surface area contributed by atoms with Crippen LogP contribution in [0.25, 0.3) is 0 Å². The van der Waals surface area contributed by atoms with E-state index in [0.29, 0.717) is 22.3 Å². The van der Waals surface area contributed by atoms with Gasteiger partial charge in [0.1, 0.15) is 5.75 Å². The number of carbonyl (C=O) groups excluding carboxylic acids is 2. The van der Waals surface area contributed by atoms with Gasteiger partial charge in [0.2, 0.25) is 0 Å². The quantitative estimate of drug-likeness (QED) is 0.573. The van der Waals surface area contributed by atoms with Crippen LogP contribution in [0, 0.1) is 0 Å². The summed E-state index contributed by atoms with van der Waals surface area (Å²) < 4.78 is 10.6. The molecular weight excluding hydrogens is 338 g/mol. The van der Waals surface area contributed by atoms with Crippen molar-refractivity contribution in [1.82, 2.24) is 5.32 Å². The summed E-state index contributed by atoms with van der Waals surface area (Å²) in [4.78, 5) is 23.5. The molecule has 0 saturated carbocycles. The van der Waals surface area contributed by atoms with Crippen LogP contribution in [0.1, 0.15) is 36.5 Å². The Morgan fingerprint density at radius 1 is 1.29 bits per heavy atom. The van der Waals surface area contributed by atoms with Crippen molar-refractivity contribution >= 4 is 27.8 Å². The maximum atomic E-state index is 11.9. The van der Waals surface area contributed by atoms with Crippen molar-refractivity contribution in [2.75, 3.05) is 20.3 Å². The van der Waals surface area contributed by atoms with Crippen molar-refractivity contribution < 1.29 is 19.1 Å². The second-order valence-corrected chi connectivity index (χ2v) is 5.33. The van der Waals surface area contributed by atoms with Gasteiger partial charge in [-0.15, -0.1) is 0 Å². The third kappa shape index (κ3) is 6.16. The fraction of sp³-hybridized carbons (Fsp3) is 0.467. The molecule has 6 heteroatoms.